The van der Waals surface area contributed by atoms with Crippen molar-refractivity contribution in [2.45, 2.75) is 6.04 Å². The van der Waals surface area contributed by atoms with Crippen LogP contribution in [0.25, 0.3) is 0 Å². The van der Waals surface area contributed by atoms with Crippen molar-refractivity contribution in [1.82, 2.24) is 0 Å². The Hall–Kier alpha value is -1.13. The minimum Gasteiger partial charge on any atom is -0.368 e. The zero-order valence-corrected chi connectivity index (χ0v) is 7.38. The van der Waals surface area contributed by atoms with Crippen LogP contribution in [0, 0.1) is 5.82 Å². The molecule has 13 heavy (non-hydrogen) atoms. The van der Waals surface area contributed by atoms with E-state index in [9.17, 15) is 9.18 Å². The molecule has 0 aliphatic rings. The van der Waals surface area contributed by atoms with E-state index in [0.717, 1.165) is 6.07 Å². The SMILES string of the molecule is NC(=O)C(N)c1cc(Cl)ccc1F. The van der Waals surface area contributed by atoms with Gasteiger partial charge in [0, 0.05) is 10.6 Å². The Labute approximate surface area is 79.5 Å². The maximum Gasteiger partial charge on any atom is 0.239 e. The number of nitrogens with two attached hydrogens (primary N) is 2. The molecule has 0 aliphatic heterocycles. The van der Waals surface area contributed by atoms with Crippen LogP contribution in [0.3, 0.4) is 0 Å². The van der Waals surface area contributed by atoms with Crippen LogP contribution in [0.15, 0.2) is 18.2 Å². The van der Waals surface area contributed by atoms with Crippen molar-refractivity contribution in [2.24, 2.45) is 11.5 Å². The highest BCUT2D eigenvalue weighted by molar-refractivity contribution is 6.30. The Bertz CT molecular complexity index is 343. The van der Waals surface area contributed by atoms with Crippen LogP contribution in [-0.4, -0.2) is 5.91 Å². The molecule has 0 aliphatic carbocycles. The Morgan fingerprint density at radius 1 is 1.54 bits per heavy atom. The molecule has 0 bridgehead atoms. The summed E-state index contributed by atoms with van der Waals surface area (Å²) in [5.41, 5.74) is 10.3. The molecule has 0 spiro atoms. The van der Waals surface area contributed by atoms with Crippen molar-refractivity contribution in [3.8, 4) is 0 Å². The number of carbonyl (C=O) groups excluding carboxylic acids is 1. The predicted octanol–water partition coefficient (Wildman–Crippen LogP) is 0.964. The Morgan fingerprint density at radius 2 is 2.15 bits per heavy atom. The van der Waals surface area contributed by atoms with Crippen LogP contribution in [0.4, 0.5) is 4.39 Å². The van der Waals surface area contributed by atoms with Crippen molar-refractivity contribution in [3.63, 3.8) is 0 Å². The molecule has 1 atom stereocenters. The van der Waals surface area contributed by atoms with Gasteiger partial charge in [-0.05, 0) is 18.2 Å². The fourth-order valence-corrected chi connectivity index (χ4v) is 1.09. The van der Waals surface area contributed by atoms with E-state index in [2.05, 4.69) is 0 Å². The zero-order valence-electron chi connectivity index (χ0n) is 6.63. The van der Waals surface area contributed by atoms with Gasteiger partial charge in [0.1, 0.15) is 11.9 Å². The normalized spacial score (nSPS) is 12.5. The van der Waals surface area contributed by atoms with Gasteiger partial charge in [0.25, 0.3) is 0 Å². The van der Waals surface area contributed by atoms with E-state index in [1.54, 1.807) is 0 Å². The fraction of sp³-hybridized carbons (Fsp3) is 0.125. The van der Waals surface area contributed by atoms with Gasteiger partial charge >= 0.3 is 0 Å². The molecule has 1 unspecified atom stereocenters. The van der Waals surface area contributed by atoms with Gasteiger partial charge in [0.2, 0.25) is 5.91 Å². The lowest BCUT2D eigenvalue weighted by molar-refractivity contribution is -0.119. The van der Waals surface area contributed by atoms with Gasteiger partial charge in [-0.15, -0.1) is 0 Å². The van der Waals surface area contributed by atoms with Crippen LogP contribution in [0.2, 0.25) is 5.02 Å². The molecule has 4 N–H and O–H groups in total. The first-order valence-electron chi connectivity index (χ1n) is 3.52. The highest BCUT2D eigenvalue weighted by Crippen LogP contribution is 2.19. The first-order chi connectivity index (χ1) is 6.02. The lowest BCUT2D eigenvalue weighted by Crippen LogP contribution is -2.28. The van der Waals surface area contributed by atoms with Crippen molar-refractivity contribution >= 4 is 17.5 Å². The van der Waals surface area contributed by atoms with E-state index in [-0.39, 0.29) is 5.56 Å². The molecule has 1 aromatic carbocycles. The molecular weight excluding hydrogens is 195 g/mol. The molecule has 0 heterocycles. The van der Waals surface area contributed by atoms with E-state index < -0.39 is 17.8 Å². The van der Waals surface area contributed by atoms with E-state index in [1.807, 2.05) is 0 Å². The van der Waals surface area contributed by atoms with Gasteiger partial charge in [-0.25, -0.2) is 4.39 Å². The highest BCUT2D eigenvalue weighted by atomic mass is 35.5. The number of rotatable bonds is 2. The minimum absolute atomic E-state index is 0.0139. The van der Waals surface area contributed by atoms with Gasteiger partial charge < -0.3 is 11.5 Å². The molecule has 5 heteroatoms. The minimum atomic E-state index is -1.15. The van der Waals surface area contributed by atoms with Crippen molar-refractivity contribution in [1.29, 1.82) is 0 Å². The van der Waals surface area contributed by atoms with Crippen LogP contribution >= 0.6 is 11.6 Å². The summed E-state index contributed by atoms with van der Waals surface area (Å²) < 4.78 is 13.0. The third kappa shape index (κ3) is 2.17. The van der Waals surface area contributed by atoms with Crippen LogP contribution in [0.1, 0.15) is 11.6 Å². The van der Waals surface area contributed by atoms with E-state index in [4.69, 9.17) is 23.1 Å². The molecule has 1 aromatic rings. The van der Waals surface area contributed by atoms with Gasteiger partial charge in [-0.1, -0.05) is 11.6 Å². The van der Waals surface area contributed by atoms with E-state index in [1.165, 1.54) is 12.1 Å². The Kier molecular flexibility index (Phi) is 2.85. The molecule has 0 fully saturated rings. The summed E-state index contributed by atoms with van der Waals surface area (Å²) in [4.78, 5) is 10.7. The monoisotopic (exact) mass is 202 g/mol. The number of hydrogen-bond donors (Lipinski definition) is 2. The zero-order chi connectivity index (χ0) is 10.0. The topological polar surface area (TPSA) is 69.1 Å². The summed E-state index contributed by atoms with van der Waals surface area (Å²) in [7, 11) is 0. The van der Waals surface area contributed by atoms with Crippen LogP contribution in [0.5, 0.6) is 0 Å². The number of halogens is 2. The van der Waals surface area contributed by atoms with E-state index in [0.29, 0.717) is 5.02 Å². The van der Waals surface area contributed by atoms with Crippen molar-refractivity contribution in [2.75, 3.05) is 0 Å². The molecule has 0 saturated carbocycles. The molecule has 1 rings (SSSR count). The summed E-state index contributed by atoms with van der Waals surface area (Å²) in [5, 5.41) is 0.313. The standard InChI is InChI=1S/C8H8ClFN2O/c9-4-1-2-6(10)5(3-4)7(11)8(12)13/h1-3,7H,11H2,(H2,12,13). The number of hydrogen-bond acceptors (Lipinski definition) is 2. The second-order valence-corrected chi connectivity index (χ2v) is 2.98. The van der Waals surface area contributed by atoms with Crippen molar-refractivity contribution in [3.05, 3.63) is 34.6 Å². The second kappa shape index (κ2) is 3.72. The maximum atomic E-state index is 13.0. The largest absolute Gasteiger partial charge is 0.368 e. The molecule has 0 radical (unpaired) electrons. The van der Waals surface area contributed by atoms with Gasteiger partial charge in [-0.2, -0.15) is 0 Å². The second-order valence-electron chi connectivity index (χ2n) is 2.55. The number of amides is 1. The quantitative estimate of drug-likeness (QED) is 0.750. The average Bonchev–Trinajstić information content (AvgIpc) is 2.08. The fourth-order valence-electron chi connectivity index (χ4n) is 0.906. The number of primary amides is 1. The maximum absolute atomic E-state index is 13.0. The number of carbonyl (C=O) groups is 1. The highest BCUT2D eigenvalue weighted by Gasteiger charge is 2.16. The van der Waals surface area contributed by atoms with Crippen molar-refractivity contribution < 1.29 is 9.18 Å². The smallest absolute Gasteiger partial charge is 0.239 e. The summed E-state index contributed by atoms with van der Waals surface area (Å²) in [5.74, 6) is -1.38. The molecule has 70 valence electrons. The summed E-state index contributed by atoms with van der Waals surface area (Å²) in [6, 6.07) is 2.64. The lowest BCUT2D eigenvalue weighted by Gasteiger charge is -2.08. The van der Waals surface area contributed by atoms with Crippen LogP contribution in [-0.2, 0) is 4.79 Å². The molecule has 0 aromatic heterocycles. The third-order valence-electron chi connectivity index (χ3n) is 1.60. The first-order valence-corrected chi connectivity index (χ1v) is 3.90. The third-order valence-corrected chi connectivity index (χ3v) is 1.83. The summed E-state index contributed by atoms with van der Waals surface area (Å²) in [6.45, 7) is 0. The molecule has 1 amide bonds. The summed E-state index contributed by atoms with van der Waals surface area (Å²) in [6.07, 6.45) is 0. The number of benzene rings is 1. The summed E-state index contributed by atoms with van der Waals surface area (Å²) >= 11 is 5.59. The van der Waals surface area contributed by atoms with Gasteiger partial charge in [-0.3, -0.25) is 4.79 Å². The molecule has 3 nitrogen and oxygen atoms in total. The predicted molar refractivity (Wildman–Crippen MR) is 47.5 cm³/mol. The lowest BCUT2D eigenvalue weighted by atomic mass is 10.1. The van der Waals surface area contributed by atoms with E-state index >= 15 is 0 Å². The molecular formula is C8H8ClFN2O. The Balaban J connectivity index is 3.12. The molecule has 0 saturated heterocycles. The van der Waals surface area contributed by atoms with Crippen LogP contribution < -0.4 is 11.5 Å². The van der Waals surface area contributed by atoms with Gasteiger partial charge in [0.15, 0.2) is 0 Å². The average molecular weight is 203 g/mol. The Morgan fingerprint density at radius 3 is 2.69 bits per heavy atom. The van der Waals surface area contributed by atoms with Gasteiger partial charge in [0.05, 0.1) is 0 Å². The first kappa shape index (κ1) is 9.95.